The molecule has 0 bridgehead atoms. The van der Waals surface area contributed by atoms with Crippen LogP contribution in [0.1, 0.15) is 11.3 Å². The molecule has 1 heterocycles. The van der Waals surface area contributed by atoms with Crippen molar-refractivity contribution in [1.82, 2.24) is 0 Å². The molecule has 2 aromatic rings. The number of hydrogen-bond acceptors (Lipinski definition) is 3. The van der Waals surface area contributed by atoms with Gasteiger partial charge in [-0.3, -0.25) is 0 Å². The molecule has 0 amide bonds. The van der Waals surface area contributed by atoms with E-state index >= 15 is 0 Å². The van der Waals surface area contributed by atoms with Gasteiger partial charge in [-0.25, -0.2) is 0 Å². The Labute approximate surface area is 102 Å². The largest absolute Gasteiger partial charge is 0.463 e. The van der Waals surface area contributed by atoms with Crippen LogP contribution in [0.2, 0.25) is 0 Å². The predicted octanol–water partition coefficient (Wildman–Crippen LogP) is 3.50. The Kier molecular flexibility index (Phi) is 3.66. The minimum atomic E-state index is 0.686. The summed E-state index contributed by atoms with van der Waals surface area (Å²) in [5.74, 6) is 0.686. The first-order valence-electron chi connectivity index (χ1n) is 4.70. The predicted molar refractivity (Wildman–Crippen MR) is 68.0 cm³/mol. The van der Waals surface area contributed by atoms with Crippen LogP contribution in [0.25, 0.3) is 0 Å². The first-order chi connectivity index (χ1) is 7.84. The molecule has 2 rings (SSSR count). The summed E-state index contributed by atoms with van der Waals surface area (Å²) in [6.07, 6.45) is 4.85. The Morgan fingerprint density at radius 3 is 2.69 bits per heavy atom. The fourth-order valence-corrected chi connectivity index (χ4v) is 1.56. The number of nitrogens with zero attached hydrogens (tertiary/aromatic N) is 2. The normalized spacial score (nSPS) is 11.6. The molecule has 0 aliphatic heterocycles. The summed E-state index contributed by atoms with van der Waals surface area (Å²) in [7, 11) is 0. The summed E-state index contributed by atoms with van der Waals surface area (Å²) in [5.41, 5.74) is 0.992. The molecule has 16 heavy (non-hydrogen) atoms. The molecule has 3 nitrogen and oxygen atoms in total. The van der Waals surface area contributed by atoms with Crippen LogP contribution in [0, 0.1) is 0 Å². The Hall–Kier alpha value is -1.68. The fourth-order valence-electron chi connectivity index (χ4n) is 1.14. The molecule has 0 fully saturated rings. The third kappa shape index (κ3) is 3.17. The van der Waals surface area contributed by atoms with Crippen molar-refractivity contribution in [3.63, 3.8) is 0 Å². The number of hydrogen-bond donors (Lipinski definition) is 0. The molecule has 0 aliphatic carbocycles. The van der Waals surface area contributed by atoms with Gasteiger partial charge in [0.05, 0.1) is 18.7 Å². The van der Waals surface area contributed by atoms with E-state index in [1.54, 1.807) is 24.8 Å². The van der Waals surface area contributed by atoms with E-state index in [4.69, 9.17) is 4.42 Å². The highest BCUT2D eigenvalue weighted by Gasteiger charge is 1.89. The maximum atomic E-state index is 5.07. The quantitative estimate of drug-likeness (QED) is 0.625. The third-order valence-electron chi connectivity index (χ3n) is 1.85. The molecule has 4 heteroatoms. The molecule has 0 saturated carbocycles. The average Bonchev–Trinajstić information content (AvgIpc) is 2.77. The zero-order valence-corrected chi connectivity index (χ0v) is 9.96. The van der Waals surface area contributed by atoms with E-state index in [1.807, 2.05) is 30.3 Å². The molecule has 0 radical (unpaired) electrons. The van der Waals surface area contributed by atoms with Gasteiger partial charge in [0.1, 0.15) is 5.76 Å². The van der Waals surface area contributed by atoms with Crippen LogP contribution in [-0.2, 0) is 0 Å². The van der Waals surface area contributed by atoms with Crippen molar-refractivity contribution >= 4 is 28.4 Å². The van der Waals surface area contributed by atoms with Crippen LogP contribution in [-0.4, -0.2) is 12.4 Å². The van der Waals surface area contributed by atoms with Crippen molar-refractivity contribution in [3.8, 4) is 0 Å². The lowest BCUT2D eigenvalue weighted by atomic mass is 10.2. The van der Waals surface area contributed by atoms with Gasteiger partial charge in [0, 0.05) is 4.47 Å². The molecule has 0 unspecified atom stereocenters. The highest BCUT2D eigenvalue weighted by molar-refractivity contribution is 9.10. The lowest BCUT2D eigenvalue weighted by Crippen LogP contribution is -1.79. The topological polar surface area (TPSA) is 37.9 Å². The molecular weight excluding hydrogens is 268 g/mol. The van der Waals surface area contributed by atoms with E-state index in [2.05, 4.69) is 26.1 Å². The van der Waals surface area contributed by atoms with E-state index in [-0.39, 0.29) is 0 Å². The van der Waals surface area contributed by atoms with Crippen molar-refractivity contribution in [3.05, 3.63) is 58.5 Å². The minimum Gasteiger partial charge on any atom is -0.463 e. The van der Waals surface area contributed by atoms with E-state index < -0.39 is 0 Å². The second-order valence-corrected chi connectivity index (χ2v) is 3.98. The summed E-state index contributed by atoms with van der Waals surface area (Å²) in [4.78, 5) is 0. The van der Waals surface area contributed by atoms with Crippen molar-refractivity contribution in [2.75, 3.05) is 0 Å². The average molecular weight is 277 g/mol. The first kappa shape index (κ1) is 10.8. The van der Waals surface area contributed by atoms with Gasteiger partial charge in [-0.1, -0.05) is 28.1 Å². The van der Waals surface area contributed by atoms with E-state index in [1.165, 1.54) is 0 Å². The maximum Gasteiger partial charge on any atom is 0.146 e. The van der Waals surface area contributed by atoms with Gasteiger partial charge >= 0.3 is 0 Å². The SMILES string of the molecule is Brc1cccc(C=N/N=C/c2ccco2)c1. The standard InChI is InChI=1S/C12H9BrN2O/c13-11-4-1-3-10(7-11)8-14-15-9-12-5-2-6-16-12/h1-9H/b14-8?,15-9+. The number of rotatable bonds is 3. The maximum absolute atomic E-state index is 5.07. The molecule has 1 aromatic carbocycles. The Bertz CT molecular complexity index is 503. The lowest BCUT2D eigenvalue weighted by Gasteiger charge is -1.91. The summed E-state index contributed by atoms with van der Waals surface area (Å²) >= 11 is 3.39. The van der Waals surface area contributed by atoms with E-state index in [0.717, 1.165) is 10.0 Å². The van der Waals surface area contributed by atoms with Gasteiger partial charge in [-0.15, -0.1) is 0 Å². The lowest BCUT2D eigenvalue weighted by molar-refractivity contribution is 0.560. The highest BCUT2D eigenvalue weighted by Crippen LogP contribution is 2.09. The van der Waals surface area contributed by atoms with Crippen LogP contribution in [0.3, 0.4) is 0 Å². The smallest absolute Gasteiger partial charge is 0.146 e. The van der Waals surface area contributed by atoms with Gasteiger partial charge in [0.25, 0.3) is 0 Å². The number of furan rings is 1. The van der Waals surface area contributed by atoms with Crippen LogP contribution < -0.4 is 0 Å². The van der Waals surface area contributed by atoms with Crippen molar-refractivity contribution in [1.29, 1.82) is 0 Å². The molecule has 80 valence electrons. The fraction of sp³-hybridized carbons (Fsp3) is 0. The third-order valence-corrected chi connectivity index (χ3v) is 2.34. The van der Waals surface area contributed by atoms with Crippen LogP contribution >= 0.6 is 15.9 Å². The van der Waals surface area contributed by atoms with Crippen molar-refractivity contribution in [2.45, 2.75) is 0 Å². The second kappa shape index (κ2) is 5.42. The summed E-state index contributed by atoms with van der Waals surface area (Å²) in [6, 6.07) is 11.4. The Morgan fingerprint density at radius 1 is 1.06 bits per heavy atom. The zero-order chi connectivity index (χ0) is 11.2. The molecule has 0 saturated heterocycles. The summed E-state index contributed by atoms with van der Waals surface area (Å²) in [5, 5.41) is 7.80. The van der Waals surface area contributed by atoms with Crippen molar-refractivity contribution in [2.24, 2.45) is 10.2 Å². The number of benzene rings is 1. The van der Waals surface area contributed by atoms with Gasteiger partial charge in [-0.2, -0.15) is 10.2 Å². The van der Waals surface area contributed by atoms with E-state index in [9.17, 15) is 0 Å². The molecule has 0 N–H and O–H groups in total. The van der Waals surface area contributed by atoms with E-state index in [0.29, 0.717) is 5.76 Å². The van der Waals surface area contributed by atoms with Crippen LogP contribution in [0.5, 0.6) is 0 Å². The molecule has 0 aliphatic rings. The Morgan fingerprint density at radius 2 is 1.94 bits per heavy atom. The summed E-state index contributed by atoms with van der Waals surface area (Å²) < 4.78 is 6.09. The zero-order valence-electron chi connectivity index (χ0n) is 8.38. The monoisotopic (exact) mass is 276 g/mol. The Balaban J connectivity index is 2.00. The second-order valence-electron chi connectivity index (χ2n) is 3.06. The van der Waals surface area contributed by atoms with Gasteiger partial charge < -0.3 is 4.42 Å². The molecule has 1 aromatic heterocycles. The van der Waals surface area contributed by atoms with Crippen LogP contribution in [0.4, 0.5) is 0 Å². The van der Waals surface area contributed by atoms with Gasteiger partial charge in [0.15, 0.2) is 0 Å². The summed E-state index contributed by atoms with van der Waals surface area (Å²) in [6.45, 7) is 0. The van der Waals surface area contributed by atoms with Crippen LogP contribution in [0.15, 0.2) is 61.8 Å². The van der Waals surface area contributed by atoms with Crippen molar-refractivity contribution < 1.29 is 4.42 Å². The molecular formula is C12H9BrN2O. The van der Waals surface area contributed by atoms with Gasteiger partial charge in [0.2, 0.25) is 0 Å². The minimum absolute atomic E-state index is 0.686. The first-order valence-corrected chi connectivity index (χ1v) is 5.49. The van der Waals surface area contributed by atoms with Gasteiger partial charge in [-0.05, 0) is 29.8 Å². The highest BCUT2D eigenvalue weighted by atomic mass is 79.9. The molecule has 0 spiro atoms. The number of halogens is 1. The molecule has 0 atom stereocenters.